The summed E-state index contributed by atoms with van der Waals surface area (Å²) in [6.07, 6.45) is 4.08. The van der Waals surface area contributed by atoms with Gasteiger partial charge < -0.3 is 15.0 Å². The topological polar surface area (TPSA) is 54.5 Å². The molecule has 1 saturated heterocycles. The fraction of sp³-hybridized carbons (Fsp3) is 0.400. The minimum absolute atomic E-state index is 0. The van der Waals surface area contributed by atoms with E-state index < -0.39 is 0 Å². The first-order chi connectivity index (χ1) is 12.2. The number of hydrogen-bond acceptors (Lipinski definition) is 4. The highest BCUT2D eigenvalue weighted by Gasteiger charge is 2.30. The van der Waals surface area contributed by atoms with Crippen molar-refractivity contribution in [3.63, 3.8) is 0 Å². The number of hydrogen-bond donors (Lipinski definition) is 1. The minimum atomic E-state index is -0.00139. The van der Waals surface area contributed by atoms with Gasteiger partial charge in [0.25, 0.3) is 0 Å². The predicted molar refractivity (Wildman–Crippen MR) is 112 cm³/mol. The van der Waals surface area contributed by atoms with E-state index in [2.05, 4.69) is 17.2 Å². The Morgan fingerprint density at radius 3 is 2.78 bits per heavy atom. The molecule has 0 bridgehead atoms. The lowest BCUT2D eigenvalue weighted by Crippen LogP contribution is -2.49. The van der Waals surface area contributed by atoms with Gasteiger partial charge in [-0.3, -0.25) is 9.78 Å². The molecule has 5 nitrogen and oxygen atoms in total. The van der Waals surface area contributed by atoms with E-state index in [1.54, 1.807) is 13.3 Å². The lowest BCUT2D eigenvalue weighted by molar-refractivity contribution is -0.134. The maximum atomic E-state index is 13.0. The zero-order valence-corrected chi connectivity index (χ0v) is 17.3. The van der Waals surface area contributed by atoms with E-state index in [-0.39, 0.29) is 42.7 Å². The van der Waals surface area contributed by atoms with Gasteiger partial charge in [-0.05, 0) is 23.6 Å². The van der Waals surface area contributed by atoms with Crippen LogP contribution >= 0.6 is 24.8 Å². The van der Waals surface area contributed by atoms with E-state index in [1.807, 2.05) is 47.5 Å². The predicted octanol–water partition coefficient (Wildman–Crippen LogP) is 3.60. The lowest BCUT2D eigenvalue weighted by atomic mass is 9.96. The number of aromatic nitrogens is 1. The molecule has 0 radical (unpaired) electrons. The number of carbonyl (C=O) groups is 1. The molecule has 2 unspecified atom stereocenters. The van der Waals surface area contributed by atoms with Crippen LogP contribution in [0.2, 0.25) is 0 Å². The van der Waals surface area contributed by atoms with Gasteiger partial charge in [-0.1, -0.05) is 31.2 Å². The maximum absolute atomic E-state index is 13.0. The highest BCUT2D eigenvalue weighted by molar-refractivity contribution is 5.85. The van der Waals surface area contributed by atoms with Gasteiger partial charge in [0.2, 0.25) is 5.91 Å². The van der Waals surface area contributed by atoms with Gasteiger partial charge in [0.1, 0.15) is 5.75 Å². The van der Waals surface area contributed by atoms with Gasteiger partial charge in [-0.25, -0.2) is 0 Å². The highest BCUT2D eigenvalue weighted by atomic mass is 35.5. The van der Waals surface area contributed by atoms with Crippen molar-refractivity contribution < 1.29 is 9.53 Å². The van der Waals surface area contributed by atoms with E-state index in [0.29, 0.717) is 13.0 Å². The van der Waals surface area contributed by atoms with Crippen LogP contribution in [-0.2, 0) is 4.79 Å². The number of ether oxygens (including phenoxy) is 1. The zero-order valence-electron chi connectivity index (χ0n) is 15.6. The zero-order chi connectivity index (χ0) is 17.6. The molecule has 0 spiro atoms. The summed E-state index contributed by atoms with van der Waals surface area (Å²) < 4.78 is 5.50. The summed E-state index contributed by atoms with van der Waals surface area (Å²) in [4.78, 5) is 19.1. The Bertz CT molecular complexity index is 715. The molecular formula is C20H27Cl2N3O2. The molecule has 1 amide bonds. The Kier molecular flexibility index (Phi) is 9.56. The largest absolute Gasteiger partial charge is 0.496 e. The van der Waals surface area contributed by atoms with E-state index in [0.717, 1.165) is 30.0 Å². The van der Waals surface area contributed by atoms with Crippen LogP contribution in [0.4, 0.5) is 0 Å². The van der Waals surface area contributed by atoms with Gasteiger partial charge in [-0.15, -0.1) is 24.8 Å². The SMILES string of the molecule is COc1ccccc1C1CNCCN1C(=O)CC(C)c1cccnc1.Cl.Cl. The molecule has 2 heterocycles. The van der Waals surface area contributed by atoms with Crippen LogP contribution in [0.5, 0.6) is 5.75 Å². The minimum Gasteiger partial charge on any atom is -0.496 e. The van der Waals surface area contributed by atoms with Crippen LogP contribution in [0.3, 0.4) is 0 Å². The number of benzene rings is 1. The second-order valence-electron chi connectivity index (χ2n) is 6.44. The van der Waals surface area contributed by atoms with Gasteiger partial charge >= 0.3 is 0 Å². The fourth-order valence-corrected chi connectivity index (χ4v) is 3.39. The molecule has 0 aliphatic carbocycles. The molecule has 1 fully saturated rings. The molecular weight excluding hydrogens is 385 g/mol. The van der Waals surface area contributed by atoms with Crippen molar-refractivity contribution in [1.82, 2.24) is 15.2 Å². The van der Waals surface area contributed by atoms with Gasteiger partial charge in [0, 0.05) is 44.0 Å². The molecule has 1 aliphatic heterocycles. The third-order valence-electron chi connectivity index (χ3n) is 4.80. The first-order valence-corrected chi connectivity index (χ1v) is 8.73. The molecule has 1 aromatic carbocycles. The number of nitrogens with zero attached hydrogens (tertiary/aromatic N) is 2. The number of carbonyl (C=O) groups excluding carboxylic acids is 1. The van der Waals surface area contributed by atoms with Crippen LogP contribution in [0.15, 0.2) is 48.8 Å². The Morgan fingerprint density at radius 2 is 2.07 bits per heavy atom. The van der Waals surface area contributed by atoms with E-state index in [9.17, 15) is 4.79 Å². The maximum Gasteiger partial charge on any atom is 0.223 e. The molecule has 7 heteroatoms. The highest BCUT2D eigenvalue weighted by Crippen LogP contribution is 2.31. The monoisotopic (exact) mass is 411 g/mol. The molecule has 2 aromatic rings. The number of methoxy groups -OCH3 is 1. The Labute approximate surface area is 173 Å². The fourth-order valence-electron chi connectivity index (χ4n) is 3.39. The smallest absolute Gasteiger partial charge is 0.223 e. The number of pyridine rings is 1. The lowest BCUT2D eigenvalue weighted by Gasteiger charge is -2.37. The van der Waals surface area contributed by atoms with Crippen LogP contribution in [0.25, 0.3) is 0 Å². The van der Waals surface area contributed by atoms with Crippen molar-refractivity contribution in [3.05, 3.63) is 59.9 Å². The summed E-state index contributed by atoms with van der Waals surface area (Å²) in [5.41, 5.74) is 2.15. The molecule has 1 aromatic heterocycles. The van der Waals surface area contributed by atoms with Crippen molar-refractivity contribution in [1.29, 1.82) is 0 Å². The molecule has 27 heavy (non-hydrogen) atoms. The molecule has 3 rings (SSSR count). The van der Waals surface area contributed by atoms with Crippen molar-refractivity contribution >= 4 is 30.7 Å². The molecule has 2 atom stereocenters. The number of nitrogens with one attached hydrogen (secondary N) is 1. The van der Waals surface area contributed by atoms with Gasteiger partial charge in [0.15, 0.2) is 0 Å². The van der Waals surface area contributed by atoms with E-state index >= 15 is 0 Å². The number of rotatable bonds is 5. The molecule has 148 valence electrons. The summed E-state index contributed by atoms with van der Waals surface area (Å²) in [6, 6.07) is 11.9. The summed E-state index contributed by atoms with van der Waals surface area (Å²) in [5.74, 6) is 1.15. The molecule has 0 saturated carbocycles. The van der Waals surface area contributed by atoms with Crippen molar-refractivity contribution in [2.45, 2.75) is 25.3 Å². The normalized spacial score (nSPS) is 17.3. The quantitative estimate of drug-likeness (QED) is 0.816. The Morgan fingerprint density at radius 1 is 1.30 bits per heavy atom. The molecule has 1 aliphatic rings. The Hall–Kier alpha value is -1.82. The molecule has 1 N–H and O–H groups in total. The third-order valence-corrected chi connectivity index (χ3v) is 4.80. The number of amides is 1. The van der Waals surface area contributed by atoms with Crippen LogP contribution in [-0.4, -0.2) is 42.5 Å². The second kappa shape index (κ2) is 11.1. The van der Waals surface area contributed by atoms with Crippen molar-refractivity contribution in [2.75, 3.05) is 26.7 Å². The summed E-state index contributed by atoms with van der Waals surface area (Å²) in [6.45, 7) is 4.35. The first-order valence-electron chi connectivity index (χ1n) is 8.73. The third kappa shape index (κ3) is 5.58. The summed E-state index contributed by atoms with van der Waals surface area (Å²) in [7, 11) is 1.67. The van der Waals surface area contributed by atoms with E-state index in [4.69, 9.17) is 4.74 Å². The van der Waals surface area contributed by atoms with Gasteiger partial charge in [-0.2, -0.15) is 0 Å². The first kappa shape index (κ1) is 23.2. The van der Waals surface area contributed by atoms with Gasteiger partial charge in [0.05, 0.1) is 13.2 Å². The second-order valence-corrected chi connectivity index (χ2v) is 6.44. The summed E-state index contributed by atoms with van der Waals surface area (Å²) >= 11 is 0. The van der Waals surface area contributed by atoms with E-state index in [1.165, 1.54) is 0 Å². The standard InChI is InChI=1S/C20H25N3O2.2ClH/c1-15(16-6-5-9-21-13-16)12-20(24)23-11-10-22-14-18(23)17-7-3-4-8-19(17)25-2;;/h3-9,13,15,18,22H,10-12,14H2,1-2H3;2*1H. The average Bonchev–Trinajstić information content (AvgIpc) is 2.68. The van der Waals surface area contributed by atoms with Crippen LogP contribution in [0.1, 0.15) is 36.4 Å². The number of halogens is 2. The van der Waals surface area contributed by atoms with Crippen LogP contribution in [0, 0.1) is 0 Å². The van der Waals surface area contributed by atoms with Crippen LogP contribution < -0.4 is 10.1 Å². The number of para-hydroxylation sites is 1. The number of piperazine rings is 1. The van der Waals surface area contributed by atoms with Crippen molar-refractivity contribution in [3.8, 4) is 5.75 Å². The average molecular weight is 412 g/mol. The van der Waals surface area contributed by atoms with Crippen molar-refractivity contribution in [2.24, 2.45) is 0 Å². The summed E-state index contributed by atoms with van der Waals surface area (Å²) in [5, 5.41) is 3.40. The Balaban J connectivity index is 0.00000182.